The SMILES string of the molecule is CC#CCCN(C)C1(CC(=O)O)CCCCC1. The molecule has 3 heteroatoms. The number of hydrogen-bond donors (Lipinski definition) is 1. The minimum Gasteiger partial charge on any atom is -0.481 e. The molecular weight excluding hydrogens is 214 g/mol. The number of carbonyl (C=O) groups is 1. The van der Waals surface area contributed by atoms with Crippen LogP contribution in [0.25, 0.3) is 0 Å². The van der Waals surface area contributed by atoms with E-state index in [0.717, 1.165) is 38.6 Å². The zero-order valence-corrected chi connectivity index (χ0v) is 11.0. The third-order valence-corrected chi connectivity index (χ3v) is 3.82. The molecule has 1 rings (SSSR count). The Morgan fingerprint density at radius 2 is 2.00 bits per heavy atom. The number of aliphatic carboxylic acids is 1. The monoisotopic (exact) mass is 237 g/mol. The van der Waals surface area contributed by atoms with Gasteiger partial charge in [-0.1, -0.05) is 19.3 Å². The maximum Gasteiger partial charge on any atom is 0.305 e. The molecule has 3 nitrogen and oxygen atoms in total. The van der Waals surface area contributed by atoms with E-state index in [1.54, 1.807) is 0 Å². The van der Waals surface area contributed by atoms with Crippen LogP contribution in [0.3, 0.4) is 0 Å². The van der Waals surface area contributed by atoms with Crippen molar-refractivity contribution in [2.45, 2.75) is 57.4 Å². The molecule has 1 aliphatic rings. The molecule has 96 valence electrons. The van der Waals surface area contributed by atoms with Crippen molar-refractivity contribution in [2.75, 3.05) is 13.6 Å². The van der Waals surface area contributed by atoms with Gasteiger partial charge in [0.05, 0.1) is 6.42 Å². The highest BCUT2D eigenvalue weighted by molar-refractivity contribution is 5.68. The lowest BCUT2D eigenvalue weighted by atomic mass is 9.78. The summed E-state index contributed by atoms with van der Waals surface area (Å²) in [4.78, 5) is 13.3. The summed E-state index contributed by atoms with van der Waals surface area (Å²) in [6.45, 7) is 2.71. The molecule has 1 N–H and O–H groups in total. The minimum absolute atomic E-state index is 0.125. The normalized spacial score (nSPS) is 18.5. The first kappa shape index (κ1) is 14.1. The summed E-state index contributed by atoms with van der Waals surface area (Å²) < 4.78 is 0. The van der Waals surface area contributed by atoms with Gasteiger partial charge in [0.1, 0.15) is 0 Å². The Labute approximate surface area is 104 Å². The van der Waals surface area contributed by atoms with E-state index in [1.807, 2.05) is 14.0 Å². The molecule has 17 heavy (non-hydrogen) atoms. The Kier molecular flexibility index (Phi) is 5.50. The quantitative estimate of drug-likeness (QED) is 0.747. The number of hydrogen-bond acceptors (Lipinski definition) is 2. The van der Waals surface area contributed by atoms with Crippen LogP contribution < -0.4 is 0 Å². The number of rotatable bonds is 5. The van der Waals surface area contributed by atoms with Crippen LogP contribution in [-0.4, -0.2) is 35.1 Å². The van der Waals surface area contributed by atoms with Crippen molar-refractivity contribution >= 4 is 5.97 Å². The molecule has 0 bridgehead atoms. The zero-order valence-electron chi connectivity index (χ0n) is 11.0. The molecule has 0 aliphatic heterocycles. The highest BCUT2D eigenvalue weighted by Gasteiger charge is 2.37. The highest BCUT2D eigenvalue weighted by Crippen LogP contribution is 2.35. The molecule has 0 aromatic heterocycles. The van der Waals surface area contributed by atoms with Gasteiger partial charge in [0.2, 0.25) is 0 Å². The predicted molar refractivity (Wildman–Crippen MR) is 68.8 cm³/mol. The molecule has 0 aromatic rings. The van der Waals surface area contributed by atoms with Gasteiger partial charge < -0.3 is 5.11 Å². The second-order valence-electron chi connectivity index (χ2n) is 4.95. The van der Waals surface area contributed by atoms with Crippen molar-refractivity contribution in [1.29, 1.82) is 0 Å². The highest BCUT2D eigenvalue weighted by atomic mass is 16.4. The van der Waals surface area contributed by atoms with Crippen molar-refractivity contribution in [3.8, 4) is 11.8 Å². The summed E-state index contributed by atoms with van der Waals surface area (Å²) in [7, 11) is 2.05. The number of carboxylic acids is 1. The first-order valence-corrected chi connectivity index (χ1v) is 6.43. The van der Waals surface area contributed by atoms with Gasteiger partial charge >= 0.3 is 5.97 Å². The van der Waals surface area contributed by atoms with E-state index in [-0.39, 0.29) is 12.0 Å². The lowest BCUT2D eigenvalue weighted by molar-refractivity contribution is -0.141. The first-order chi connectivity index (χ1) is 8.10. The van der Waals surface area contributed by atoms with Gasteiger partial charge in [0.15, 0.2) is 0 Å². The second kappa shape index (κ2) is 6.66. The number of carboxylic acid groups (broad SMARTS) is 1. The summed E-state index contributed by atoms with van der Waals surface area (Å²) in [6.07, 6.45) is 6.65. The molecule has 0 spiro atoms. The van der Waals surface area contributed by atoms with E-state index in [2.05, 4.69) is 16.7 Å². The van der Waals surface area contributed by atoms with E-state index in [4.69, 9.17) is 5.11 Å². The molecule has 0 heterocycles. The lowest BCUT2D eigenvalue weighted by Gasteiger charge is -2.43. The maximum atomic E-state index is 11.1. The fraction of sp³-hybridized carbons (Fsp3) is 0.786. The van der Waals surface area contributed by atoms with E-state index < -0.39 is 5.97 Å². The Morgan fingerprint density at radius 3 is 2.53 bits per heavy atom. The molecule has 0 saturated heterocycles. The molecule has 1 aliphatic carbocycles. The van der Waals surface area contributed by atoms with Gasteiger partial charge in [-0.2, -0.15) is 0 Å². The second-order valence-corrected chi connectivity index (χ2v) is 4.95. The van der Waals surface area contributed by atoms with Crippen LogP contribution >= 0.6 is 0 Å². The minimum atomic E-state index is -0.680. The van der Waals surface area contributed by atoms with Crippen LogP contribution in [0.2, 0.25) is 0 Å². The van der Waals surface area contributed by atoms with Crippen molar-refractivity contribution in [2.24, 2.45) is 0 Å². The van der Waals surface area contributed by atoms with Crippen LogP contribution in [0.4, 0.5) is 0 Å². The Balaban J connectivity index is 2.65. The van der Waals surface area contributed by atoms with Crippen molar-refractivity contribution < 1.29 is 9.90 Å². The van der Waals surface area contributed by atoms with E-state index in [1.165, 1.54) is 6.42 Å². The van der Waals surface area contributed by atoms with Gasteiger partial charge in [-0.25, -0.2) is 0 Å². The fourth-order valence-electron chi connectivity index (χ4n) is 2.77. The Bertz CT molecular complexity index is 308. The molecule has 0 amide bonds. The van der Waals surface area contributed by atoms with Crippen molar-refractivity contribution in [1.82, 2.24) is 4.90 Å². The van der Waals surface area contributed by atoms with E-state index >= 15 is 0 Å². The smallest absolute Gasteiger partial charge is 0.305 e. The topological polar surface area (TPSA) is 40.5 Å². The molecular formula is C14H23NO2. The molecule has 1 saturated carbocycles. The van der Waals surface area contributed by atoms with Crippen LogP contribution in [0.15, 0.2) is 0 Å². The van der Waals surface area contributed by atoms with Gasteiger partial charge in [0.25, 0.3) is 0 Å². The third-order valence-electron chi connectivity index (χ3n) is 3.82. The summed E-state index contributed by atoms with van der Waals surface area (Å²) >= 11 is 0. The summed E-state index contributed by atoms with van der Waals surface area (Å²) in [5, 5.41) is 9.10. The van der Waals surface area contributed by atoms with Crippen molar-refractivity contribution in [3.63, 3.8) is 0 Å². The van der Waals surface area contributed by atoms with Gasteiger partial charge in [-0.15, -0.1) is 11.8 Å². The van der Waals surface area contributed by atoms with Crippen LogP contribution in [0.1, 0.15) is 51.9 Å². The molecule has 1 fully saturated rings. The average molecular weight is 237 g/mol. The predicted octanol–water partition coefficient (Wildman–Crippen LogP) is 2.51. The van der Waals surface area contributed by atoms with E-state index in [0.29, 0.717) is 0 Å². The molecule has 0 aromatic carbocycles. The lowest BCUT2D eigenvalue weighted by Crippen LogP contribution is -2.49. The summed E-state index contributed by atoms with van der Waals surface area (Å²) in [6, 6.07) is 0. The molecule has 0 unspecified atom stereocenters. The Morgan fingerprint density at radius 1 is 1.35 bits per heavy atom. The largest absolute Gasteiger partial charge is 0.481 e. The van der Waals surface area contributed by atoms with Gasteiger partial charge in [0, 0.05) is 18.5 Å². The Hall–Kier alpha value is -1.01. The van der Waals surface area contributed by atoms with Crippen LogP contribution in [0, 0.1) is 11.8 Å². The van der Waals surface area contributed by atoms with Gasteiger partial charge in [-0.3, -0.25) is 9.69 Å². The zero-order chi connectivity index (χ0) is 12.7. The molecule has 0 atom stereocenters. The van der Waals surface area contributed by atoms with Crippen LogP contribution in [0.5, 0.6) is 0 Å². The fourth-order valence-corrected chi connectivity index (χ4v) is 2.77. The molecule has 0 radical (unpaired) electrons. The van der Waals surface area contributed by atoms with Crippen molar-refractivity contribution in [3.05, 3.63) is 0 Å². The van der Waals surface area contributed by atoms with Gasteiger partial charge in [-0.05, 0) is 26.8 Å². The van der Waals surface area contributed by atoms with Crippen LogP contribution in [-0.2, 0) is 4.79 Å². The number of nitrogens with zero attached hydrogens (tertiary/aromatic N) is 1. The average Bonchev–Trinajstić information content (AvgIpc) is 2.29. The summed E-state index contributed by atoms with van der Waals surface area (Å²) in [5.74, 6) is 5.26. The van der Waals surface area contributed by atoms with E-state index in [9.17, 15) is 4.79 Å². The summed E-state index contributed by atoms with van der Waals surface area (Å²) in [5.41, 5.74) is -0.125. The maximum absolute atomic E-state index is 11.1. The first-order valence-electron chi connectivity index (χ1n) is 6.43. The third kappa shape index (κ3) is 4.05. The standard InChI is InChI=1S/C14H23NO2/c1-3-4-8-11-15(2)14(12-13(16)17)9-6-5-7-10-14/h5-12H2,1-2H3,(H,16,17).